The van der Waals surface area contributed by atoms with Crippen molar-refractivity contribution in [2.24, 2.45) is 11.8 Å². The van der Waals surface area contributed by atoms with Gasteiger partial charge < -0.3 is 10.2 Å². The summed E-state index contributed by atoms with van der Waals surface area (Å²) in [4.78, 5) is 1.39. The molecule has 0 amide bonds. The Labute approximate surface area is 141 Å². The second-order valence-electron chi connectivity index (χ2n) is 5.07. The van der Waals surface area contributed by atoms with E-state index < -0.39 is 0 Å². The van der Waals surface area contributed by atoms with Crippen LogP contribution in [0.5, 0.6) is 0 Å². The fourth-order valence-corrected chi connectivity index (χ4v) is 3.68. The number of thioether (sulfide) groups is 1. The summed E-state index contributed by atoms with van der Waals surface area (Å²) < 4.78 is 0. The van der Waals surface area contributed by atoms with Gasteiger partial charge in [-0.3, -0.25) is 0 Å². The van der Waals surface area contributed by atoms with E-state index in [1.807, 2.05) is 36.4 Å². The van der Waals surface area contributed by atoms with Crippen LogP contribution in [-0.2, 0) is 0 Å². The van der Waals surface area contributed by atoms with E-state index in [1.54, 1.807) is 18.2 Å². The molecule has 0 saturated carbocycles. The highest BCUT2D eigenvalue weighted by molar-refractivity contribution is 8.11. The normalized spacial score (nSPS) is 21.1. The maximum absolute atomic E-state index is 10.3. The lowest BCUT2D eigenvalue weighted by Gasteiger charge is -2.26. The third kappa shape index (κ3) is 3.51. The number of hydrogen-bond donors (Lipinski definition) is 2. The Kier molecular flexibility index (Phi) is 5.72. The number of hydrogen-bond acceptors (Lipinski definition) is 3. The van der Waals surface area contributed by atoms with Gasteiger partial charge in [-0.05, 0) is 17.2 Å². The highest BCUT2D eigenvalue weighted by Gasteiger charge is 2.26. The summed E-state index contributed by atoms with van der Waals surface area (Å²) in [6.07, 6.45) is 10.0. The van der Waals surface area contributed by atoms with Gasteiger partial charge in [0.15, 0.2) is 0 Å². The summed E-state index contributed by atoms with van der Waals surface area (Å²) in [6, 6.07) is 7.66. The van der Waals surface area contributed by atoms with E-state index in [0.29, 0.717) is 4.91 Å². The maximum atomic E-state index is 10.3. The molecule has 1 aliphatic rings. The third-order valence-corrected chi connectivity index (χ3v) is 5.00. The van der Waals surface area contributed by atoms with Crippen molar-refractivity contribution in [2.75, 3.05) is 0 Å². The lowest BCUT2D eigenvalue weighted by Crippen LogP contribution is -2.14. The Morgan fingerprint density at radius 2 is 1.87 bits per heavy atom. The molecule has 0 aromatic heterocycles. The molecular weight excluding hydrogens is 304 g/mol. The van der Waals surface area contributed by atoms with Gasteiger partial charge in [0.05, 0.1) is 11.2 Å². The van der Waals surface area contributed by atoms with Gasteiger partial charge in [-0.25, -0.2) is 0 Å². The van der Waals surface area contributed by atoms with Crippen LogP contribution < -0.4 is 0 Å². The van der Waals surface area contributed by atoms with Gasteiger partial charge in [-0.15, -0.1) is 13.2 Å². The van der Waals surface area contributed by atoms with E-state index in [1.165, 1.54) is 11.8 Å². The van der Waals surface area contributed by atoms with Crippen LogP contribution in [0.1, 0.15) is 11.1 Å². The van der Waals surface area contributed by atoms with Crippen molar-refractivity contribution in [1.29, 1.82) is 0 Å². The van der Waals surface area contributed by atoms with Crippen molar-refractivity contribution in [3.05, 3.63) is 96.4 Å². The van der Waals surface area contributed by atoms with Crippen LogP contribution >= 0.6 is 11.8 Å². The molecular formula is C20H20O2S. The molecule has 0 radical (unpaired) electrons. The van der Waals surface area contributed by atoms with Crippen molar-refractivity contribution in [3.63, 3.8) is 0 Å². The molecule has 0 saturated heterocycles. The summed E-state index contributed by atoms with van der Waals surface area (Å²) in [5.41, 5.74) is 1.78. The van der Waals surface area contributed by atoms with Gasteiger partial charge in [-0.2, -0.15) is 0 Å². The summed E-state index contributed by atoms with van der Waals surface area (Å²) in [5.74, 6) is 0.183. The number of allylic oxidation sites excluding steroid dienone is 5. The molecule has 2 unspecified atom stereocenters. The van der Waals surface area contributed by atoms with Gasteiger partial charge in [-0.1, -0.05) is 66.9 Å². The molecule has 0 aliphatic heterocycles. The second kappa shape index (κ2) is 7.75. The third-order valence-electron chi connectivity index (χ3n) is 3.76. The highest BCUT2D eigenvalue weighted by Crippen LogP contribution is 2.44. The van der Waals surface area contributed by atoms with Crippen LogP contribution in [0.25, 0.3) is 11.0 Å². The van der Waals surface area contributed by atoms with Crippen LogP contribution in [0.15, 0.2) is 85.2 Å². The molecule has 2 nitrogen and oxygen atoms in total. The Morgan fingerprint density at radius 1 is 1.13 bits per heavy atom. The van der Waals surface area contributed by atoms with Gasteiger partial charge in [0.25, 0.3) is 0 Å². The second-order valence-corrected chi connectivity index (χ2v) is 6.15. The molecule has 1 aromatic rings. The van der Waals surface area contributed by atoms with Crippen molar-refractivity contribution in [3.8, 4) is 0 Å². The SMILES string of the molecule is C=Cc1ccccc1/C(=C/O)SC1=C(O)C=CC(C=C)C1C=C. The first-order valence-electron chi connectivity index (χ1n) is 7.26. The van der Waals surface area contributed by atoms with Crippen LogP contribution in [-0.4, -0.2) is 10.2 Å². The number of rotatable bonds is 6. The van der Waals surface area contributed by atoms with E-state index >= 15 is 0 Å². The molecule has 0 bridgehead atoms. The van der Waals surface area contributed by atoms with Gasteiger partial charge in [0.1, 0.15) is 5.76 Å². The first kappa shape index (κ1) is 17.0. The molecule has 2 rings (SSSR count). The first-order valence-corrected chi connectivity index (χ1v) is 8.08. The van der Waals surface area contributed by atoms with Crippen LogP contribution in [0.4, 0.5) is 0 Å². The van der Waals surface area contributed by atoms with Crippen LogP contribution in [0, 0.1) is 11.8 Å². The predicted octanol–water partition coefficient (Wildman–Crippen LogP) is 5.86. The molecule has 118 valence electrons. The van der Waals surface area contributed by atoms with E-state index in [2.05, 4.69) is 19.7 Å². The first-order chi connectivity index (χ1) is 11.2. The summed E-state index contributed by atoms with van der Waals surface area (Å²) in [5, 5.41) is 20.0. The van der Waals surface area contributed by atoms with E-state index in [4.69, 9.17) is 0 Å². The quantitative estimate of drug-likeness (QED) is 0.508. The van der Waals surface area contributed by atoms with Crippen molar-refractivity contribution < 1.29 is 10.2 Å². The standard InChI is InChI=1S/C20H20O2S/c1-4-14-9-7-8-10-17(14)19(13-21)23-20-16(6-3)15(5-2)11-12-18(20)22/h4-13,15-16,21-22H,1-3H2/b19-13-. The summed E-state index contributed by atoms with van der Waals surface area (Å²) in [7, 11) is 0. The van der Waals surface area contributed by atoms with Crippen LogP contribution in [0.2, 0.25) is 0 Å². The Bertz CT molecular complexity index is 710. The van der Waals surface area contributed by atoms with Gasteiger partial charge in [0.2, 0.25) is 0 Å². The lowest BCUT2D eigenvalue weighted by molar-refractivity contribution is 0.414. The zero-order valence-electron chi connectivity index (χ0n) is 12.9. The van der Waals surface area contributed by atoms with Gasteiger partial charge >= 0.3 is 0 Å². The summed E-state index contributed by atoms with van der Waals surface area (Å²) >= 11 is 1.33. The zero-order valence-corrected chi connectivity index (χ0v) is 13.7. The van der Waals surface area contributed by atoms with Crippen molar-refractivity contribution in [2.45, 2.75) is 0 Å². The monoisotopic (exact) mass is 324 g/mol. The molecule has 0 fully saturated rings. The van der Waals surface area contributed by atoms with E-state index in [9.17, 15) is 10.2 Å². The molecule has 3 heteroatoms. The average molecular weight is 324 g/mol. The molecule has 0 spiro atoms. The Balaban J connectivity index is 2.41. The minimum Gasteiger partial charge on any atom is -0.514 e. The molecule has 23 heavy (non-hydrogen) atoms. The number of benzene rings is 1. The fourth-order valence-electron chi connectivity index (χ4n) is 2.53. The fraction of sp³-hybridized carbons (Fsp3) is 0.100. The topological polar surface area (TPSA) is 40.5 Å². The zero-order chi connectivity index (χ0) is 16.8. The molecule has 0 heterocycles. The Hall–Kier alpha value is -2.39. The van der Waals surface area contributed by atoms with E-state index in [-0.39, 0.29) is 17.6 Å². The molecule has 2 atom stereocenters. The average Bonchev–Trinajstić information content (AvgIpc) is 2.60. The van der Waals surface area contributed by atoms with Gasteiger partial charge in [0, 0.05) is 16.7 Å². The van der Waals surface area contributed by atoms with Crippen molar-refractivity contribution in [1.82, 2.24) is 0 Å². The van der Waals surface area contributed by atoms with Crippen molar-refractivity contribution >= 4 is 22.7 Å². The Morgan fingerprint density at radius 3 is 2.48 bits per heavy atom. The minimum atomic E-state index is -0.0756. The van der Waals surface area contributed by atoms with Crippen LogP contribution in [0.3, 0.4) is 0 Å². The number of aliphatic hydroxyl groups is 2. The molecule has 1 aliphatic carbocycles. The minimum absolute atomic E-state index is 0.0699. The van der Waals surface area contributed by atoms with E-state index in [0.717, 1.165) is 22.3 Å². The largest absolute Gasteiger partial charge is 0.514 e. The molecule has 2 N–H and O–H groups in total. The summed E-state index contributed by atoms with van der Waals surface area (Å²) in [6.45, 7) is 11.5. The highest BCUT2D eigenvalue weighted by atomic mass is 32.2. The smallest absolute Gasteiger partial charge is 0.125 e. The predicted molar refractivity (Wildman–Crippen MR) is 101 cm³/mol. The number of aliphatic hydroxyl groups excluding tert-OH is 2. The lowest BCUT2D eigenvalue weighted by atomic mass is 9.88. The molecule has 1 aromatic carbocycles. The maximum Gasteiger partial charge on any atom is 0.125 e.